The Morgan fingerprint density at radius 3 is 2.71 bits per heavy atom. The highest BCUT2D eigenvalue weighted by atomic mass is 16.7. The minimum absolute atomic E-state index is 0.370. The number of nitrogens with zero attached hydrogens (tertiary/aromatic N) is 2. The number of rotatable bonds is 3. The molecule has 0 amide bonds. The quantitative estimate of drug-likeness (QED) is 0.664. The van der Waals surface area contributed by atoms with Crippen molar-refractivity contribution in [3.63, 3.8) is 0 Å². The van der Waals surface area contributed by atoms with Crippen LogP contribution in [0.4, 0.5) is 0 Å². The molecule has 2 rings (SSSR count). The van der Waals surface area contributed by atoms with Crippen molar-refractivity contribution in [1.29, 1.82) is 0 Å². The van der Waals surface area contributed by atoms with Crippen LogP contribution in [0.1, 0.15) is 5.69 Å². The molecule has 0 unspecified atom stereocenters. The first-order valence-electron chi connectivity index (χ1n) is 4.65. The van der Waals surface area contributed by atoms with Gasteiger partial charge in [-0.3, -0.25) is 0 Å². The summed E-state index contributed by atoms with van der Waals surface area (Å²) in [5.74, 6) is -1.49. The smallest absolute Gasteiger partial charge is 0.356 e. The van der Waals surface area contributed by atoms with Gasteiger partial charge in [-0.1, -0.05) is 0 Å². The van der Waals surface area contributed by atoms with E-state index in [1.807, 2.05) is 0 Å². The lowest BCUT2D eigenvalue weighted by atomic mass is 10.4. The molecule has 0 saturated carbocycles. The molecular formula is C10H9N3O4. The monoisotopic (exact) mass is 235 g/mol. The number of aromatic amines is 1. The molecule has 7 nitrogen and oxygen atoms in total. The number of aromatic nitrogens is 3. The first-order valence-corrected chi connectivity index (χ1v) is 4.65. The Labute approximate surface area is 95.6 Å². The number of aromatic hydroxyl groups is 2. The van der Waals surface area contributed by atoms with Crippen LogP contribution in [0, 0.1) is 0 Å². The Morgan fingerprint density at radius 2 is 2.12 bits per heavy atom. The van der Waals surface area contributed by atoms with Crippen molar-refractivity contribution < 1.29 is 19.8 Å². The third kappa shape index (κ3) is 2.46. The highest BCUT2D eigenvalue weighted by molar-refractivity contribution is 5.87. The first-order chi connectivity index (χ1) is 8.16. The zero-order chi connectivity index (χ0) is 12.3. The maximum absolute atomic E-state index is 11.3. The van der Waals surface area contributed by atoms with Gasteiger partial charge < -0.3 is 20.0 Å². The Kier molecular flexibility index (Phi) is 2.82. The largest absolute Gasteiger partial charge is 0.492 e. The number of carbonyl (C=O) groups is 1. The molecule has 2 heterocycles. The van der Waals surface area contributed by atoms with Gasteiger partial charge in [-0.2, -0.15) is 0 Å². The Morgan fingerprint density at radius 1 is 1.41 bits per heavy atom. The van der Waals surface area contributed by atoms with Gasteiger partial charge in [0, 0.05) is 18.2 Å². The van der Waals surface area contributed by atoms with Crippen LogP contribution < -0.4 is 4.84 Å². The van der Waals surface area contributed by atoms with Crippen LogP contribution >= 0.6 is 0 Å². The molecule has 3 N–H and O–H groups in total. The van der Waals surface area contributed by atoms with Crippen molar-refractivity contribution in [2.75, 3.05) is 0 Å². The molecule has 0 saturated heterocycles. The fourth-order valence-electron chi connectivity index (χ4n) is 1.13. The molecular weight excluding hydrogens is 226 g/mol. The van der Waals surface area contributed by atoms with Crippen molar-refractivity contribution in [2.24, 2.45) is 0 Å². The zero-order valence-electron chi connectivity index (χ0n) is 8.57. The third-order valence-corrected chi connectivity index (χ3v) is 1.90. The van der Waals surface area contributed by atoms with Crippen LogP contribution in [-0.4, -0.2) is 30.9 Å². The molecule has 17 heavy (non-hydrogen) atoms. The molecule has 88 valence electrons. The maximum atomic E-state index is 11.3. The van der Waals surface area contributed by atoms with Crippen molar-refractivity contribution in [1.82, 2.24) is 14.7 Å². The summed E-state index contributed by atoms with van der Waals surface area (Å²) in [6.07, 6.45) is 5.57. The van der Waals surface area contributed by atoms with Crippen LogP contribution in [0.3, 0.4) is 0 Å². The van der Waals surface area contributed by atoms with Crippen LogP contribution in [0.15, 0.2) is 30.7 Å². The SMILES string of the molecule is O=C(/C=C/c1cnc[nH]1)On1c(O)ccc1O. The lowest BCUT2D eigenvalue weighted by molar-refractivity contribution is -0.139. The van der Waals surface area contributed by atoms with E-state index in [-0.39, 0.29) is 11.8 Å². The molecule has 0 bridgehead atoms. The van der Waals surface area contributed by atoms with Crippen molar-refractivity contribution >= 4 is 12.0 Å². The molecule has 7 heteroatoms. The topological polar surface area (TPSA) is 100 Å². The van der Waals surface area contributed by atoms with E-state index in [1.54, 1.807) is 0 Å². The number of carbonyl (C=O) groups excluding carboxylic acids is 1. The van der Waals surface area contributed by atoms with E-state index in [4.69, 9.17) is 0 Å². The number of nitrogens with one attached hydrogen (secondary N) is 1. The highest BCUT2D eigenvalue weighted by Gasteiger charge is 2.09. The number of imidazole rings is 1. The fourth-order valence-corrected chi connectivity index (χ4v) is 1.13. The summed E-state index contributed by atoms with van der Waals surface area (Å²) in [6, 6.07) is 2.39. The van der Waals surface area contributed by atoms with Gasteiger partial charge >= 0.3 is 5.97 Å². The van der Waals surface area contributed by atoms with E-state index in [9.17, 15) is 15.0 Å². The van der Waals surface area contributed by atoms with Crippen molar-refractivity contribution in [2.45, 2.75) is 0 Å². The van der Waals surface area contributed by atoms with Crippen LogP contribution in [0.2, 0.25) is 0 Å². The van der Waals surface area contributed by atoms with Gasteiger partial charge in [0.15, 0.2) is 0 Å². The van der Waals surface area contributed by atoms with E-state index in [0.717, 1.165) is 6.08 Å². The predicted octanol–water partition coefficient (Wildman–Crippen LogP) is 0.291. The fraction of sp³-hybridized carbons (Fsp3) is 0. The molecule has 0 radical (unpaired) electrons. The normalized spacial score (nSPS) is 10.8. The summed E-state index contributed by atoms with van der Waals surface area (Å²) >= 11 is 0. The van der Waals surface area contributed by atoms with Crippen LogP contribution in [-0.2, 0) is 4.79 Å². The second-order valence-electron chi connectivity index (χ2n) is 3.09. The van der Waals surface area contributed by atoms with Crippen LogP contribution in [0.25, 0.3) is 6.08 Å². The predicted molar refractivity (Wildman–Crippen MR) is 57.0 cm³/mol. The standard InChI is InChI=1S/C10H9N3O4/c14-8-2-3-9(15)13(8)17-10(16)4-1-7-5-11-6-12-7/h1-6,14-15H,(H,11,12)/b4-1+. The summed E-state index contributed by atoms with van der Waals surface area (Å²) < 4.78 is 0.611. The molecule has 0 aliphatic heterocycles. The molecule has 0 fully saturated rings. The minimum atomic E-state index is -0.749. The molecule has 0 spiro atoms. The van der Waals surface area contributed by atoms with Gasteiger partial charge in [-0.25, -0.2) is 9.78 Å². The summed E-state index contributed by atoms with van der Waals surface area (Å²) in [5, 5.41) is 18.4. The Hall–Kier alpha value is -2.70. The van der Waals surface area contributed by atoms with Gasteiger partial charge in [0.1, 0.15) is 0 Å². The molecule has 0 atom stereocenters. The molecule has 0 aliphatic rings. The van der Waals surface area contributed by atoms with Gasteiger partial charge in [-0.05, 0) is 6.08 Å². The van der Waals surface area contributed by atoms with Gasteiger partial charge in [0.05, 0.1) is 18.2 Å². The van der Waals surface area contributed by atoms with E-state index in [1.165, 1.54) is 30.7 Å². The van der Waals surface area contributed by atoms with E-state index in [2.05, 4.69) is 14.8 Å². The maximum Gasteiger partial charge on any atom is 0.356 e. The molecule has 2 aromatic heterocycles. The summed E-state index contributed by atoms with van der Waals surface area (Å²) in [6.45, 7) is 0. The Balaban J connectivity index is 2.03. The van der Waals surface area contributed by atoms with Gasteiger partial charge in [-0.15, -0.1) is 4.73 Å². The second-order valence-corrected chi connectivity index (χ2v) is 3.09. The van der Waals surface area contributed by atoms with Crippen molar-refractivity contribution in [3.8, 4) is 11.8 Å². The average Bonchev–Trinajstić information content (AvgIpc) is 2.91. The number of hydrogen-bond donors (Lipinski definition) is 3. The number of hydrogen-bond acceptors (Lipinski definition) is 5. The highest BCUT2D eigenvalue weighted by Crippen LogP contribution is 2.18. The minimum Gasteiger partial charge on any atom is -0.492 e. The average molecular weight is 235 g/mol. The van der Waals surface area contributed by atoms with Crippen molar-refractivity contribution in [3.05, 3.63) is 36.4 Å². The third-order valence-electron chi connectivity index (χ3n) is 1.90. The second kappa shape index (κ2) is 4.44. The van der Waals surface area contributed by atoms with E-state index >= 15 is 0 Å². The summed E-state index contributed by atoms with van der Waals surface area (Å²) in [7, 11) is 0. The summed E-state index contributed by atoms with van der Waals surface area (Å²) in [5.41, 5.74) is 0.628. The lowest BCUT2D eigenvalue weighted by Crippen LogP contribution is -2.16. The Bertz CT molecular complexity index is 522. The van der Waals surface area contributed by atoms with Crippen LogP contribution in [0.5, 0.6) is 11.8 Å². The van der Waals surface area contributed by atoms with Gasteiger partial charge in [0.2, 0.25) is 11.8 Å². The first kappa shape index (κ1) is 10.8. The molecule has 2 aromatic rings. The zero-order valence-corrected chi connectivity index (χ0v) is 8.57. The van der Waals surface area contributed by atoms with Gasteiger partial charge in [0.25, 0.3) is 0 Å². The molecule has 0 aliphatic carbocycles. The lowest BCUT2D eigenvalue weighted by Gasteiger charge is -2.03. The molecule has 0 aromatic carbocycles. The van der Waals surface area contributed by atoms with E-state index < -0.39 is 5.97 Å². The van der Waals surface area contributed by atoms with E-state index in [0.29, 0.717) is 10.4 Å². The number of H-pyrrole nitrogens is 1. The summed E-state index contributed by atoms with van der Waals surface area (Å²) in [4.78, 5) is 22.5.